The Morgan fingerprint density at radius 1 is 1.37 bits per heavy atom. The van der Waals surface area contributed by atoms with Gasteiger partial charge in [-0.2, -0.15) is 0 Å². The van der Waals surface area contributed by atoms with Crippen molar-refractivity contribution >= 4 is 16.9 Å². The van der Waals surface area contributed by atoms with Crippen LogP contribution in [0, 0.1) is 12.8 Å². The average Bonchev–Trinajstić information content (AvgIpc) is 2.73. The Kier molecular flexibility index (Phi) is 3.90. The topological polar surface area (TPSA) is 62.5 Å². The summed E-state index contributed by atoms with van der Waals surface area (Å²) in [5.41, 5.74) is 1.85. The summed E-state index contributed by atoms with van der Waals surface area (Å²) in [5, 5.41) is 12.7. The molecule has 1 aromatic heterocycles. The highest BCUT2D eigenvalue weighted by atomic mass is 16.3. The molecule has 2 aromatic rings. The number of aliphatic hydroxyl groups excluding tert-OH is 1. The number of para-hydroxylation sites is 1. The third kappa shape index (κ3) is 2.63. The molecule has 0 saturated carbocycles. The molecule has 4 nitrogen and oxygen atoms in total. The second-order valence-corrected chi connectivity index (χ2v) is 5.03. The Morgan fingerprint density at radius 3 is 2.63 bits per heavy atom. The summed E-state index contributed by atoms with van der Waals surface area (Å²) < 4.78 is 5.87. The Morgan fingerprint density at radius 2 is 2.05 bits per heavy atom. The van der Waals surface area contributed by atoms with E-state index in [0.717, 1.165) is 22.3 Å². The molecular weight excluding hydrogens is 242 g/mol. The van der Waals surface area contributed by atoms with Crippen molar-refractivity contribution in [3.05, 3.63) is 35.6 Å². The maximum Gasteiger partial charge on any atom is 0.246 e. The first-order valence-electron chi connectivity index (χ1n) is 6.42. The largest absolute Gasteiger partial charge is 0.459 e. The predicted octanol–water partition coefficient (Wildman–Crippen LogP) is 2.55. The molecule has 0 aliphatic heterocycles. The van der Waals surface area contributed by atoms with Gasteiger partial charge in [0.1, 0.15) is 18.0 Å². The monoisotopic (exact) mass is 261 g/mol. The van der Waals surface area contributed by atoms with E-state index in [1.165, 1.54) is 0 Å². The van der Waals surface area contributed by atoms with Gasteiger partial charge in [-0.3, -0.25) is 4.79 Å². The normalized spacial score (nSPS) is 12.9. The van der Waals surface area contributed by atoms with Gasteiger partial charge in [-0.25, -0.2) is 0 Å². The number of hydrogen-bond donors (Lipinski definition) is 2. The fraction of sp³-hybridized carbons (Fsp3) is 0.400. The first kappa shape index (κ1) is 13.6. The summed E-state index contributed by atoms with van der Waals surface area (Å²) in [6.45, 7) is 5.49. The van der Waals surface area contributed by atoms with E-state index in [2.05, 4.69) is 5.32 Å². The fourth-order valence-electron chi connectivity index (χ4n) is 2.24. The molecule has 0 saturated heterocycles. The zero-order chi connectivity index (χ0) is 14.0. The first-order valence-corrected chi connectivity index (χ1v) is 6.42. The molecular formula is C15H19NO3. The SMILES string of the molecule is Cc1c(C(NC(=O)CO)C(C)C)oc2ccccc12. The van der Waals surface area contributed by atoms with Gasteiger partial charge in [0.2, 0.25) is 5.91 Å². The first-order chi connectivity index (χ1) is 9.04. The number of aryl methyl sites for hydroxylation is 1. The summed E-state index contributed by atoms with van der Waals surface area (Å²) in [6, 6.07) is 7.57. The molecule has 0 radical (unpaired) electrons. The molecule has 2 N–H and O–H groups in total. The molecule has 4 heteroatoms. The van der Waals surface area contributed by atoms with Crippen molar-refractivity contribution in [2.75, 3.05) is 6.61 Å². The molecule has 2 rings (SSSR count). The molecule has 102 valence electrons. The number of nitrogens with one attached hydrogen (secondary N) is 1. The minimum Gasteiger partial charge on any atom is -0.459 e. The number of hydrogen-bond acceptors (Lipinski definition) is 3. The Balaban J connectivity index is 2.44. The van der Waals surface area contributed by atoms with Crippen molar-refractivity contribution in [1.82, 2.24) is 5.32 Å². The van der Waals surface area contributed by atoms with Gasteiger partial charge in [0.25, 0.3) is 0 Å². The number of benzene rings is 1. The van der Waals surface area contributed by atoms with Gasteiger partial charge in [0, 0.05) is 10.9 Å². The van der Waals surface area contributed by atoms with Crippen LogP contribution in [0.25, 0.3) is 11.0 Å². The number of aliphatic hydroxyl groups is 1. The minimum atomic E-state index is -0.511. The van der Waals surface area contributed by atoms with Crippen LogP contribution in [-0.2, 0) is 4.79 Å². The van der Waals surface area contributed by atoms with Gasteiger partial charge in [-0.05, 0) is 18.9 Å². The third-order valence-corrected chi connectivity index (χ3v) is 3.29. The predicted molar refractivity (Wildman–Crippen MR) is 73.8 cm³/mol. The molecule has 0 spiro atoms. The summed E-state index contributed by atoms with van der Waals surface area (Å²) in [7, 11) is 0. The lowest BCUT2D eigenvalue weighted by Gasteiger charge is -2.20. The number of rotatable bonds is 4. The van der Waals surface area contributed by atoms with E-state index in [9.17, 15) is 4.79 Å². The van der Waals surface area contributed by atoms with Crippen LogP contribution in [0.1, 0.15) is 31.2 Å². The molecule has 1 unspecified atom stereocenters. The minimum absolute atomic E-state index is 0.176. The van der Waals surface area contributed by atoms with Crippen LogP contribution in [0.5, 0.6) is 0 Å². The van der Waals surface area contributed by atoms with Crippen LogP contribution in [0.3, 0.4) is 0 Å². The highest BCUT2D eigenvalue weighted by Crippen LogP contribution is 2.32. The molecule has 1 heterocycles. The molecule has 1 aromatic carbocycles. The number of fused-ring (bicyclic) bond motifs is 1. The van der Waals surface area contributed by atoms with Crippen LogP contribution in [0.2, 0.25) is 0 Å². The van der Waals surface area contributed by atoms with E-state index in [1.807, 2.05) is 45.0 Å². The molecule has 0 bridgehead atoms. The lowest BCUT2D eigenvalue weighted by molar-refractivity contribution is -0.125. The summed E-state index contributed by atoms with van der Waals surface area (Å²) in [6.07, 6.45) is 0. The standard InChI is InChI=1S/C15H19NO3/c1-9(2)14(16-13(18)8-17)15-10(3)11-6-4-5-7-12(11)19-15/h4-7,9,14,17H,8H2,1-3H3,(H,16,18). The molecule has 19 heavy (non-hydrogen) atoms. The van der Waals surface area contributed by atoms with Crippen molar-refractivity contribution in [3.63, 3.8) is 0 Å². The maximum atomic E-state index is 11.4. The van der Waals surface area contributed by atoms with Crippen LogP contribution in [0.4, 0.5) is 0 Å². The van der Waals surface area contributed by atoms with Crippen molar-refractivity contribution in [3.8, 4) is 0 Å². The number of amides is 1. The molecule has 0 aliphatic carbocycles. The zero-order valence-corrected chi connectivity index (χ0v) is 11.4. The second kappa shape index (κ2) is 5.45. The van der Waals surface area contributed by atoms with E-state index in [0.29, 0.717) is 0 Å². The fourth-order valence-corrected chi connectivity index (χ4v) is 2.24. The quantitative estimate of drug-likeness (QED) is 0.889. The number of furan rings is 1. The lowest BCUT2D eigenvalue weighted by Crippen LogP contribution is -2.33. The van der Waals surface area contributed by atoms with Gasteiger partial charge in [0.15, 0.2) is 0 Å². The third-order valence-electron chi connectivity index (χ3n) is 3.29. The number of carbonyl (C=O) groups is 1. The Bertz CT molecular complexity index is 586. The smallest absolute Gasteiger partial charge is 0.246 e. The van der Waals surface area contributed by atoms with Gasteiger partial charge >= 0.3 is 0 Å². The molecule has 1 amide bonds. The van der Waals surface area contributed by atoms with Gasteiger partial charge in [0.05, 0.1) is 6.04 Å². The number of carbonyl (C=O) groups excluding carboxylic acids is 1. The average molecular weight is 261 g/mol. The van der Waals surface area contributed by atoms with E-state index in [1.54, 1.807) is 0 Å². The zero-order valence-electron chi connectivity index (χ0n) is 11.4. The Labute approximate surface area is 112 Å². The maximum absolute atomic E-state index is 11.4. The van der Waals surface area contributed by atoms with Crippen LogP contribution >= 0.6 is 0 Å². The van der Waals surface area contributed by atoms with E-state index in [-0.39, 0.29) is 12.0 Å². The highest BCUT2D eigenvalue weighted by molar-refractivity contribution is 5.82. The van der Waals surface area contributed by atoms with E-state index < -0.39 is 12.5 Å². The summed E-state index contributed by atoms with van der Waals surface area (Å²) in [4.78, 5) is 11.4. The van der Waals surface area contributed by atoms with E-state index >= 15 is 0 Å². The molecule has 0 fully saturated rings. The van der Waals surface area contributed by atoms with Crippen molar-refractivity contribution < 1.29 is 14.3 Å². The Hall–Kier alpha value is -1.81. The second-order valence-electron chi connectivity index (χ2n) is 5.03. The highest BCUT2D eigenvalue weighted by Gasteiger charge is 2.24. The molecule has 1 atom stereocenters. The van der Waals surface area contributed by atoms with Crippen LogP contribution in [0.15, 0.2) is 28.7 Å². The van der Waals surface area contributed by atoms with Crippen LogP contribution < -0.4 is 5.32 Å². The van der Waals surface area contributed by atoms with Crippen molar-refractivity contribution in [2.45, 2.75) is 26.8 Å². The summed E-state index contributed by atoms with van der Waals surface area (Å²) >= 11 is 0. The van der Waals surface area contributed by atoms with Crippen LogP contribution in [-0.4, -0.2) is 17.6 Å². The van der Waals surface area contributed by atoms with E-state index in [4.69, 9.17) is 9.52 Å². The summed E-state index contributed by atoms with van der Waals surface area (Å²) in [5.74, 6) is 0.548. The van der Waals surface area contributed by atoms with Gasteiger partial charge in [-0.15, -0.1) is 0 Å². The van der Waals surface area contributed by atoms with Crippen molar-refractivity contribution in [1.29, 1.82) is 0 Å². The molecule has 0 aliphatic rings. The van der Waals surface area contributed by atoms with Gasteiger partial charge in [-0.1, -0.05) is 32.0 Å². The lowest BCUT2D eigenvalue weighted by atomic mass is 9.98. The van der Waals surface area contributed by atoms with Crippen molar-refractivity contribution in [2.24, 2.45) is 5.92 Å². The van der Waals surface area contributed by atoms with Gasteiger partial charge < -0.3 is 14.8 Å².